The number of nitrogen functional groups attached to an aromatic ring is 1. The van der Waals surface area contributed by atoms with Gasteiger partial charge in [0.1, 0.15) is 11.9 Å². The highest BCUT2D eigenvalue weighted by molar-refractivity contribution is 5.84. The Kier molecular flexibility index (Phi) is 4.08. The zero-order chi connectivity index (χ0) is 14.7. The van der Waals surface area contributed by atoms with Crippen LogP contribution in [0.2, 0.25) is 0 Å². The van der Waals surface area contributed by atoms with Gasteiger partial charge >= 0.3 is 5.97 Å². The van der Waals surface area contributed by atoms with Crippen molar-refractivity contribution in [2.75, 3.05) is 18.2 Å². The standard InChI is InChI=1S/C15H19N3O2/c1-9(2)14(15(19)20-3)18-13-7-4-10-8-11(16)5-6-12(10)17-13/h4-9,14H,16H2,1-3H3,(H,17,18). The van der Waals surface area contributed by atoms with E-state index in [0.717, 1.165) is 10.9 Å². The Balaban J connectivity index is 2.28. The fourth-order valence-corrected chi connectivity index (χ4v) is 2.01. The van der Waals surface area contributed by atoms with E-state index in [9.17, 15) is 4.79 Å². The third kappa shape index (κ3) is 2.99. The number of pyridine rings is 1. The smallest absolute Gasteiger partial charge is 0.328 e. The van der Waals surface area contributed by atoms with E-state index in [0.29, 0.717) is 11.5 Å². The fraction of sp³-hybridized carbons (Fsp3) is 0.333. The van der Waals surface area contributed by atoms with Gasteiger partial charge in [-0.05, 0) is 36.2 Å². The highest BCUT2D eigenvalue weighted by Gasteiger charge is 2.23. The van der Waals surface area contributed by atoms with E-state index >= 15 is 0 Å². The summed E-state index contributed by atoms with van der Waals surface area (Å²) in [6, 6.07) is 8.87. The molecule has 5 nitrogen and oxygen atoms in total. The number of carbonyl (C=O) groups excluding carboxylic acids is 1. The van der Waals surface area contributed by atoms with E-state index in [1.165, 1.54) is 7.11 Å². The zero-order valence-electron chi connectivity index (χ0n) is 11.9. The average Bonchev–Trinajstić information content (AvgIpc) is 2.43. The first-order chi connectivity index (χ1) is 9.51. The molecule has 0 spiro atoms. The minimum Gasteiger partial charge on any atom is -0.467 e. The summed E-state index contributed by atoms with van der Waals surface area (Å²) in [6.07, 6.45) is 0. The summed E-state index contributed by atoms with van der Waals surface area (Å²) in [5.41, 5.74) is 7.27. The van der Waals surface area contributed by atoms with Gasteiger partial charge < -0.3 is 15.8 Å². The Morgan fingerprint density at radius 3 is 2.70 bits per heavy atom. The number of hydrogen-bond acceptors (Lipinski definition) is 5. The molecular formula is C15H19N3O2. The lowest BCUT2D eigenvalue weighted by molar-refractivity contribution is -0.142. The van der Waals surface area contributed by atoms with Gasteiger partial charge in [-0.3, -0.25) is 0 Å². The number of nitrogens with one attached hydrogen (secondary N) is 1. The molecule has 0 saturated heterocycles. The lowest BCUT2D eigenvalue weighted by Gasteiger charge is -2.20. The van der Waals surface area contributed by atoms with E-state index < -0.39 is 6.04 Å². The van der Waals surface area contributed by atoms with Gasteiger partial charge in [-0.25, -0.2) is 9.78 Å². The van der Waals surface area contributed by atoms with Crippen molar-refractivity contribution in [3.63, 3.8) is 0 Å². The van der Waals surface area contributed by atoms with Crippen LogP contribution in [0.15, 0.2) is 30.3 Å². The number of methoxy groups -OCH3 is 1. The molecule has 0 aliphatic heterocycles. The van der Waals surface area contributed by atoms with Crippen LogP contribution >= 0.6 is 0 Å². The summed E-state index contributed by atoms with van der Waals surface area (Å²) in [5.74, 6) is 0.455. The number of nitrogens with zero attached hydrogens (tertiary/aromatic N) is 1. The molecular weight excluding hydrogens is 254 g/mol. The third-order valence-corrected chi connectivity index (χ3v) is 3.14. The van der Waals surface area contributed by atoms with Crippen LogP contribution in [0, 0.1) is 5.92 Å². The predicted octanol–water partition coefficient (Wildman–Crippen LogP) is 2.43. The number of carbonyl (C=O) groups is 1. The van der Waals surface area contributed by atoms with Crippen molar-refractivity contribution in [3.05, 3.63) is 30.3 Å². The van der Waals surface area contributed by atoms with Crippen molar-refractivity contribution in [3.8, 4) is 0 Å². The van der Waals surface area contributed by atoms with Crippen LogP contribution in [-0.2, 0) is 9.53 Å². The third-order valence-electron chi connectivity index (χ3n) is 3.14. The molecule has 3 N–H and O–H groups in total. The van der Waals surface area contributed by atoms with Gasteiger partial charge in [0.15, 0.2) is 0 Å². The summed E-state index contributed by atoms with van der Waals surface area (Å²) in [4.78, 5) is 16.2. The SMILES string of the molecule is COC(=O)C(Nc1ccc2cc(N)ccc2n1)C(C)C. The normalized spacial score (nSPS) is 12.4. The van der Waals surface area contributed by atoms with Gasteiger partial charge in [-0.2, -0.15) is 0 Å². The summed E-state index contributed by atoms with van der Waals surface area (Å²) < 4.78 is 4.80. The summed E-state index contributed by atoms with van der Waals surface area (Å²) >= 11 is 0. The number of aromatic nitrogens is 1. The molecule has 1 aromatic heterocycles. The second-order valence-corrected chi connectivity index (χ2v) is 5.04. The van der Waals surface area contributed by atoms with Gasteiger partial charge in [0.05, 0.1) is 12.6 Å². The van der Waals surface area contributed by atoms with Crippen LogP contribution in [0.25, 0.3) is 10.9 Å². The highest BCUT2D eigenvalue weighted by atomic mass is 16.5. The van der Waals surface area contributed by atoms with Gasteiger partial charge in [0.2, 0.25) is 0 Å². The molecule has 0 amide bonds. The maximum atomic E-state index is 11.7. The lowest BCUT2D eigenvalue weighted by Crippen LogP contribution is -2.35. The predicted molar refractivity (Wildman–Crippen MR) is 80.4 cm³/mol. The molecule has 5 heteroatoms. The number of esters is 1. The van der Waals surface area contributed by atoms with Gasteiger partial charge in [-0.15, -0.1) is 0 Å². The van der Waals surface area contributed by atoms with Gasteiger partial charge in [-0.1, -0.05) is 13.8 Å². The van der Waals surface area contributed by atoms with E-state index in [4.69, 9.17) is 10.5 Å². The molecule has 0 aliphatic carbocycles. The van der Waals surface area contributed by atoms with Crippen LogP contribution in [0.4, 0.5) is 11.5 Å². The van der Waals surface area contributed by atoms with Gasteiger partial charge in [0.25, 0.3) is 0 Å². The summed E-state index contributed by atoms with van der Waals surface area (Å²) in [6.45, 7) is 3.91. The first-order valence-corrected chi connectivity index (χ1v) is 6.52. The molecule has 0 fully saturated rings. The molecule has 1 unspecified atom stereocenters. The maximum absolute atomic E-state index is 11.7. The maximum Gasteiger partial charge on any atom is 0.328 e. The Morgan fingerprint density at radius 2 is 2.05 bits per heavy atom. The van der Waals surface area contributed by atoms with E-state index in [1.54, 1.807) is 6.07 Å². The van der Waals surface area contributed by atoms with Crippen LogP contribution in [0.1, 0.15) is 13.8 Å². The van der Waals surface area contributed by atoms with Crippen LogP contribution in [0.5, 0.6) is 0 Å². The second-order valence-electron chi connectivity index (χ2n) is 5.04. The van der Waals surface area contributed by atoms with E-state index in [1.807, 2.05) is 38.1 Å². The largest absolute Gasteiger partial charge is 0.467 e. The minimum atomic E-state index is -0.418. The lowest BCUT2D eigenvalue weighted by atomic mass is 10.0. The first-order valence-electron chi connectivity index (χ1n) is 6.52. The molecule has 0 bridgehead atoms. The van der Waals surface area contributed by atoms with Crippen molar-refractivity contribution in [2.24, 2.45) is 5.92 Å². The summed E-state index contributed by atoms with van der Waals surface area (Å²) in [5, 5.41) is 4.09. The number of nitrogens with two attached hydrogens (primary N) is 1. The Morgan fingerprint density at radius 1 is 1.30 bits per heavy atom. The van der Waals surface area contributed by atoms with Crippen molar-refractivity contribution >= 4 is 28.4 Å². The molecule has 0 radical (unpaired) electrons. The number of rotatable bonds is 4. The molecule has 0 aliphatic rings. The van der Waals surface area contributed by atoms with E-state index in [2.05, 4.69) is 10.3 Å². The first kappa shape index (κ1) is 14.1. The Labute approximate surface area is 118 Å². The number of anilines is 2. The topological polar surface area (TPSA) is 77.2 Å². The minimum absolute atomic E-state index is 0.103. The van der Waals surface area contributed by atoms with Crippen molar-refractivity contribution in [1.82, 2.24) is 4.98 Å². The average molecular weight is 273 g/mol. The van der Waals surface area contributed by atoms with Crippen molar-refractivity contribution in [2.45, 2.75) is 19.9 Å². The highest BCUT2D eigenvalue weighted by Crippen LogP contribution is 2.19. The number of benzene rings is 1. The molecule has 106 valence electrons. The Bertz CT molecular complexity index is 626. The van der Waals surface area contributed by atoms with Crippen molar-refractivity contribution in [1.29, 1.82) is 0 Å². The van der Waals surface area contributed by atoms with Crippen LogP contribution in [-0.4, -0.2) is 24.1 Å². The number of fused-ring (bicyclic) bond motifs is 1. The Hall–Kier alpha value is -2.30. The molecule has 2 rings (SSSR count). The fourth-order valence-electron chi connectivity index (χ4n) is 2.01. The quantitative estimate of drug-likeness (QED) is 0.661. The zero-order valence-corrected chi connectivity index (χ0v) is 11.9. The van der Waals surface area contributed by atoms with Crippen molar-refractivity contribution < 1.29 is 9.53 Å². The monoisotopic (exact) mass is 273 g/mol. The molecule has 20 heavy (non-hydrogen) atoms. The molecule has 1 aromatic carbocycles. The summed E-state index contributed by atoms with van der Waals surface area (Å²) in [7, 11) is 1.38. The second kappa shape index (κ2) is 5.77. The molecule has 2 aromatic rings. The van der Waals surface area contributed by atoms with Crippen LogP contribution < -0.4 is 11.1 Å². The number of hydrogen-bond donors (Lipinski definition) is 2. The van der Waals surface area contributed by atoms with E-state index in [-0.39, 0.29) is 11.9 Å². The number of ether oxygens (including phenoxy) is 1. The van der Waals surface area contributed by atoms with Crippen LogP contribution in [0.3, 0.4) is 0 Å². The molecule has 1 atom stereocenters. The molecule has 1 heterocycles. The molecule has 0 saturated carbocycles. The van der Waals surface area contributed by atoms with Gasteiger partial charge in [0, 0.05) is 11.1 Å².